The molecule has 1 aliphatic heterocycles. The molecule has 2 heterocycles. The molecule has 1 aromatic rings. The Morgan fingerprint density at radius 1 is 1.44 bits per heavy atom. The Kier molecular flexibility index (Phi) is 2.56. The largest absolute Gasteiger partial charge is 0.356 e. The molecule has 1 N–H and O–H groups in total. The molecule has 1 fully saturated rings. The molecule has 0 spiro atoms. The van der Waals surface area contributed by atoms with E-state index in [-0.39, 0.29) is 0 Å². The standard InChI is InChI=1S/C13H18N2O/c1-9-6-13(16-15-9)11-3-2-10-4-5-14-8-12(10)7-11/h3,6,10,12,14H,2,4-5,7-8H2,1H3. The van der Waals surface area contributed by atoms with Crippen LogP contribution in [0.5, 0.6) is 0 Å². The number of piperidine rings is 1. The molecule has 2 unspecified atom stereocenters. The number of aryl methyl sites for hydroxylation is 1. The molecule has 16 heavy (non-hydrogen) atoms. The van der Waals surface area contributed by atoms with Gasteiger partial charge in [-0.2, -0.15) is 0 Å². The van der Waals surface area contributed by atoms with Crippen LogP contribution < -0.4 is 5.32 Å². The van der Waals surface area contributed by atoms with E-state index in [1.165, 1.54) is 25.0 Å². The van der Waals surface area contributed by atoms with Crippen molar-refractivity contribution in [2.45, 2.75) is 26.2 Å². The minimum Gasteiger partial charge on any atom is -0.356 e. The zero-order valence-electron chi connectivity index (χ0n) is 9.70. The zero-order valence-corrected chi connectivity index (χ0v) is 9.70. The van der Waals surface area contributed by atoms with E-state index in [0.717, 1.165) is 36.3 Å². The normalized spacial score (nSPS) is 29.7. The van der Waals surface area contributed by atoms with E-state index in [2.05, 4.69) is 16.5 Å². The number of hydrogen-bond donors (Lipinski definition) is 1. The van der Waals surface area contributed by atoms with Gasteiger partial charge in [0, 0.05) is 6.07 Å². The van der Waals surface area contributed by atoms with Crippen molar-refractivity contribution >= 4 is 5.57 Å². The average Bonchev–Trinajstić information content (AvgIpc) is 2.75. The number of aromatic nitrogens is 1. The molecular formula is C13H18N2O. The number of hydrogen-bond acceptors (Lipinski definition) is 3. The van der Waals surface area contributed by atoms with Gasteiger partial charge in [0.1, 0.15) is 0 Å². The average molecular weight is 218 g/mol. The van der Waals surface area contributed by atoms with Crippen LogP contribution in [0, 0.1) is 18.8 Å². The van der Waals surface area contributed by atoms with Crippen LogP contribution in [0.15, 0.2) is 16.7 Å². The minimum absolute atomic E-state index is 0.791. The van der Waals surface area contributed by atoms with Crippen molar-refractivity contribution in [3.05, 3.63) is 23.6 Å². The molecular weight excluding hydrogens is 200 g/mol. The van der Waals surface area contributed by atoms with E-state index in [0.29, 0.717) is 0 Å². The quantitative estimate of drug-likeness (QED) is 0.786. The molecule has 86 valence electrons. The highest BCUT2D eigenvalue weighted by atomic mass is 16.5. The van der Waals surface area contributed by atoms with E-state index in [1.807, 2.05) is 13.0 Å². The molecule has 0 radical (unpaired) electrons. The summed E-state index contributed by atoms with van der Waals surface area (Å²) in [6.45, 7) is 4.32. The molecule has 2 atom stereocenters. The third kappa shape index (κ3) is 1.80. The molecule has 3 rings (SSSR count). The van der Waals surface area contributed by atoms with Gasteiger partial charge in [-0.15, -0.1) is 0 Å². The summed E-state index contributed by atoms with van der Waals surface area (Å²) in [4.78, 5) is 0. The van der Waals surface area contributed by atoms with E-state index in [1.54, 1.807) is 0 Å². The summed E-state index contributed by atoms with van der Waals surface area (Å²) >= 11 is 0. The molecule has 1 aliphatic carbocycles. The number of allylic oxidation sites excluding steroid dienone is 2. The van der Waals surface area contributed by atoms with Gasteiger partial charge in [0.25, 0.3) is 0 Å². The summed E-state index contributed by atoms with van der Waals surface area (Å²) < 4.78 is 5.34. The lowest BCUT2D eigenvalue weighted by Crippen LogP contribution is -2.37. The number of nitrogens with zero attached hydrogens (tertiary/aromatic N) is 1. The van der Waals surface area contributed by atoms with Gasteiger partial charge >= 0.3 is 0 Å². The predicted molar refractivity (Wildman–Crippen MR) is 62.9 cm³/mol. The number of rotatable bonds is 1. The first kappa shape index (κ1) is 10.1. The van der Waals surface area contributed by atoms with Gasteiger partial charge in [0.05, 0.1) is 5.69 Å². The summed E-state index contributed by atoms with van der Waals surface area (Å²) in [6, 6.07) is 2.04. The summed E-state index contributed by atoms with van der Waals surface area (Å²) in [7, 11) is 0. The fourth-order valence-corrected chi connectivity index (χ4v) is 2.90. The smallest absolute Gasteiger partial charge is 0.162 e. The second-order valence-electron chi connectivity index (χ2n) is 5.01. The summed E-state index contributed by atoms with van der Waals surface area (Å²) in [5.74, 6) is 2.65. The SMILES string of the molecule is Cc1cc(C2=CCC3CCNCC3C2)on1. The van der Waals surface area contributed by atoms with Gasteiger partial charge in [-0.05, 0) is 56.7 Å². The van der Waals surface area contributed by atoms with Crippen molar-refractivity contribution in [1.82, 2.24) is 10.5 Å². The Hall–Kier alpha value is -1.09. The molecule has 0 bridgehead atoms. The van der Waals surface area contributed by atoms with Crippen molar-refractivity contribution in [2.24, 2.45) is 11.8 Å². The van der Waals surface area contributed by atoms with E-state index in [9.17, 15) is 0 Å². The number of nitrogens with one attached hydrogen (secondary N) is 1. The Labute approximate surface area is 95.9 Å². The fraction of sp³-hybridized carbons (Fsp3) is 0.615. The van der Waals surface area contributed by atoms with Crippen LogP contribution in [0.2, 0.25) is 0 Å². The Morgan fingerprint density at radius 3 is 3.19 bits per heavy atom. The highest BCUT2D eigenvalue weighted by Crippen LogP contribution is 2.37. The molecule has 1 aromatic heterocycles. The predicted octanol–water partition coefficient (Wildman–Crippen LogP) is 2.39. The van der Waals surface area contributed by atoms with Crippen molar-refractivity contribution in [2.75, 3.05) is 13.1 Å². The molecule has 0 aromatic carbocycles. The van der Waals surface area contributed by atoms with Gasteiger partial charge in [-0.3, -0.25) is 0 Å². The fourth-order valence-electron chi connectivity index (χ4n) is 2.90. The van der Waals surface area contributed by atoms with E-state index in [4.69, 9.17) is 4.52 Å². The first-order chi connectivity index (χ1) is 7.83. The molecule has 3 heteroatoms. The highest BCUT2D eigenvalue weighted by Gasteiger charge is 2.29. The van der Waals surface area contributed by atoms with E-state index < -0.39 is 0 Å². The van der Waals surface area contributed by atoms with Crippen LogP contribution in [0.3, 0.4) is 0 Å². The number of fused-ring (bicyclic) bond motifs is 1. The molecule has 2 aliphatic rings. The third-order valence-electron chi connectivity index (χ3n) is 3.86. The lowest BCUT2D eigenvalue weighted by atomic mass is 9.75. The van der Waals surface area contributed by atoms with Crippen LogP contribution in [-0.2, 0) is 0 Å². The monoisotopic (exact) mass is 218 g/mol. The second kappa shape index (κ2) is 4.06. The van der Waals surface area contributed by atoms with Crippen LogP contribution in [0.1, 0.15) is 30.7 Å². The second-order valence-corrected chi connectivity index (χ2v) is 5.01. The van der Waals surface area contributed by atoms with Gasteiger partial charge in [0.2, 0.25) is 0 Å². The topological polar surface area (TPSA) is 38.1 Å². The Bertz CT molecular complexity index is 408. The van der Waals surface area contributed by atoms with Gasteiger partial charge in [0.15, 0.2) is 5.76 Å². The van der Waals surface area contributed by atoms with Gasteiger partial charge in [-0.25, -0.2) is 0 Å². The van der Waals surface area contributed by atoms with Crippen LogP contribution in [0.25, 0.3) is 5.57 Å². The van der Waals surface area contributed by atoms with Gasteiger partial charge < -0.3 is 9.84 Å². The first-order valence-corrected chi connectivity index (χ1v) is 6.16. The maximum Gasteiger partial charge on any atom is 0.162 e. The van der Waals surface area contributed by atoms with E-state index >= 15 is 0 Å². The van der Waals surface area contributed by atoms with Crippen LogP contribution >= 0.6 is 0 Å². The van der Waals surface area contributed by atoms with Crippen molar-refractivity contribution in [3.63, 3.8) is 0 Å². The summed E-state index contributed by atoms with van der Waals surface area (Å²) in [6.07, 6.45) is 6.03. The van der Waals surface area contributed by atoms with Gasteiger partial charge in [-0.1, -0.05) is 11.2 Å². The van der Waals surface area contributed by atoms with Crippen LogP contribution in [-0.4, -0.2) is 18.2 Å². The zero-order chi connectivity index (χ0) is 11.0. The summed E-state index contributed by atoms with van der Waals surface area (Å²) in [5, 5.41) is 7.45. The van der Waals surface area contributed by atoms with Crippen molar-refractivity contribution in [3.8, 4) is 0 Å². The first-order valence-electron chi connectivity index (χ1n) is 6.16. The Balaban J connectivity index is 1.80. The lowest BCUT2D eigenvalue weighted by molar-refractivity contribution is 0.250. The highest BCUT2D eigenvalue weighted by molar-refractivity contribution is 5.62. The van der Waals surface area contributed by atoms with Crippen molar-refractivity contribution < 1.29 is 4.52 Å². The molecule has 0 amide bonds. The molecule has 3 nitrogen and oxygen atoms in total. The van der Waals surface area contributed by atoms with Crippen LogP contribution in [0.4, 0.5) is 0 Å². The lowest BCUT2D eigenvalue weighted by Gasteiger charge is -2.35. The summed E-state index contributed by atoms with van der Waals surface area (Å²) in [5.41, 5.74) is 2.32. The minimum atomic E-state index is 0.791. The maximum atomic E-state index is 5.34. The molecule has 1 saturated heterocycles. The Morgan fingerprint density at radius 2 is 2.38 bits per heavy atom. The van der Waals surface area contributed by atoms with Crippen molar-refractivity contribution in [1.29, 1.82) is 0 Å². The molecule has 0 saturated carbocycles. The third-order valence-corrected chi connectivity index (χ3v) is 3.86. The maximum absolute atomic E-state index is 5.34.